The third kappa shape index (κ3) is 5.09. The second-order valence-electron chi connectivity index (χ2n) is 17.4. The van der Waals surface area contributed by atoms with E-state index in [0.717, 1.165) is 22.7 Å². The Morgan fingerprint density at radius 1 is 0.377 bits per heavy atom. The van der Waals surface area contributed by atoms with Crippen LogP contribution in [0.5, 0.6) is 0 Å². The molecule has 0 saturated heterocycles. The second-order valence-corrected chi connectivity index (χ2v) is 17.4. The average molecular weight is 781 g/mol. The lowest BCUT2D eigenvalue weighted by atomic mass is 9.74. The standard InChI is InChI=1S/C59H44N2/c1-58(2)50-28-14-11-26-47(50)57-46(27-18-30-53(57)58)44-24-12-16-31-54(44)60(42-34-36-56-49(38-42)45-25-13-17-32-55(45)61(56)40-21-8-5-9-22-40)41-33-35-52-48(37-41)43-23-10-15-29-51(43)59(52,3)39-19-6-4-7-20-39/h4-38H,1-3H3. The zero-order valence-electron chi connectivity index (χ0n) is 34.6. The summed E-state index contributed by atoms with van der Waals surface area (Å²) in [5, 5.41) is 2.46. The van der Waals surface area contributed by atoms with Crippen molar-refractivity contribution in [2.45, 2.75) is 31.6 Å². The molecule has 10 aromatic rings. The lowest BCUT2D eigenvalue weighted by molar-refractivity contribution is 0.660. The highest BCUT2D eigenvalue weighted by molar-refractivity contribution is 6.11. The number of aromatic nitrogens is 1. The smallest absolute Gasteiger partial charge is 0.0542 e. The fourth-order valence-corrected chi connectivity index (χ4v) is 11.0. The van der Waals surface area contributed by atoms with Gasteiger partial charge in [0.05, 0.1) is 16.7 Å². The monoisotopic (exact) mass is 780 g/mol. The molecule has 0 amide bonds. The lowest BCUT2D eigenvalue weighted by Crippen LogP contribution is -2.22. The molecule has 1 unspecified atom stereocenters. The van der Waals surface area contributed by atoms with Crippen molar-refractivity contribution in [1.82, 2.24) is 4.57 Å². The second kappa shape index (κ2) is 13.3. The normalized spacial score (nSPS) is 15.7. The summed E-state index contributed by atoms with van der Waals surface area (Å²) in [6.45, 7) is 7.13. The van der Waals surface area contributed by atoms with E-state index in [9.17, 15) is 0 Å². The van der Waals surface area contributed by atoms with Crippen LogP contribution < -0.4 is 4.90 Å². The zero-order valence-corrected chi connectivity index (χ0v) is 34.6. The number of fused-ring (bicyclic) bond motifs is 9. The highest BCUT2D eigenvalue weighted by atomic mass is 15.1. The van der Waals surface area contributed by atoms with E-state index in [2.05, 4.69) is 243 Å². The quantitative estimate of drug-likeness (QED) is 0.163. The Morgan fingerprint density at radius 3 is 1.77 bits per heavy atom. The SMILES string of the molecule is CC1(C)c2ccccc2-c2c(-c3ccccc3N(c3ccc4c(c3)-c3ccccc3C4(C)c3ccccc3)c3ccc4c(c3)c3ccccc3n4-c3ccccc3)cccc21. The lowest BCUT2D eigenvalue weighted by Gasteiger charge is -2.31. The molecule has 0 saturated carbocycles. The minimum Gasteiger partial charge on any atom is -0.310 e. The molecule has 2 aliphatic carbocycles. The summed E-state index contributed by atoms with van der Waals surface area (Å²) in [5.41, 5.74) is 20.9. The van der Waals surface area contributed by atoms with Gasteiger partial charge in [0, 0.05) is 44.2 Å². The first-order valence-corrected chi connectivity index (χ1v) is 21.4. The van der Waals surface area contributed by atoms with Crippen LogP contribution in [0.4, 0.5) is 17.1 Å². The van der Waals surface area contributed by atoms with Gasteiger partial charge < -0.3 is 9.47 Å². The molecule has 1 atom stereocenters. The molecule has 1 heterocycles. The number of benzene rings is 9. The first kappa shape index (κ1) is 35.5. The van der Waals surface area contributed by atoms with Gasteiger partial charge in [-0.15, -0.1) is 0 Å². The Balaban J connectivity index is 1.13. The van der Waals surface area contributed by atoms with Crippen LogP contribution in [-0.2, 0) is 10.8 Å². The van der Waals surface area contributed by atoms with Gasteiger partial charge in [0.15, 0.2) is 0 Å². The van der Waals surface area contributed by atoms with Crippen LogP contribution in [0.2, 0.25) is 0 Å². The molecule has 12 rings (SSSR count). The maximum atomic E-state index is 2.51. The fourth-order valence-electron chi connectivity index (χ4n) is 11.0. The van der Waals surface area contributed by atoms with E-state index >= 15 is 0 Å². The van der Waals surface area contributed by atoms with Crippen LogP contribution in [0.25, 0.3) is 60.9 Å². The van der Waals surface area contributed by atoms with Crippen LogP contribution >= 0.6 is 0 Å². The van der Waals surface area contributed by atoms with Crippen molar-refractivity contribution in [3.05, 3.63) is 240 Å². The molecule has 0 fully saturated rings. The molecule has 2 aliphatic rings. The third-order valence-electron chi connectivity index (χ3n) is 13.9. The Morgan fingerprint density at radius 2 is 0.951 bits per heavy atom. The minimum atomic E-state index is -0.280. The van der Waals surface area contributed by atoms with Gasteiger partial charge in [0.2, 0.25) is 0 Å². The first-order valence-electron chi connectivity index (χ1n) is 21.4. The molecule has 0 N–H and O–H groups in total. The van der Waals surface area contributed by atoms with Crippen LogP contribution in [0.3, 0.4) is 0 Å². The van der Waals surface area contributed by atoms with Gasteiger partial charge in [-0.05, 0) is 117 Å². The van der Waals surface area contributed by atoms with Gasteiger partial charge in [0.25, 0.3) is 0 Å². The summed E-state index contributed by atoms with van der Waals surface area (Å²) in [6, 6.07) is 78.7. The maximum absolute atomic E-state index is 2.51. The number of nitrogens with zero attached hydrogens (tertiary/aromatic N) is 2. The fraction of sp³-hybridized carbons (Fsp3) is 0.0847. The summed E-state index contributed by atoms with van der Waals surface area (Å²) >= 11 is 0. The number of para-hydroxylation sites is 3. The van der Waals surface area contributed by atoms with E-state index < -0.39 is 0 Å². The summed E-state index contributed by atoms with van der Waals surface area (Å²) in [7, 11) is 0. The van der Waals surface area contributed by atoms with Crippen molar-refractivity contribution in [1.29, 1.82) is 0 Å². The predicted octanol–water partition coefficient (Wildman–Crippen LogP) is 15.6. The summed E-state index contributed by atoms with van der Waals surface area (Å²) in [6.07, 6.45) is 0. The molecule has 0 spiro atoms. The predicted molar refractivity (Wildman–Crippen MR) is 256 cm³/mol. The Labute approximate surface area is 357 Å². The number of hydrogen-bond donors (Lipinski definition) is 0. The maximum Gasteiger partial charge on any atom is 0.0542 e. The number of anilines is 3. The van der Waals surface area contributed by atoms with E-state index in [-0.39, 0.29) is 10.8 Å². The van der Waals surface area contributed by atoms with Crippen molar-refractivity contribution < 1.29 is 0 Å². The van der Waals surface area contributed by atoms with Crippen LogP contribution in [0, 0.1) is 0 Å². The van der Waals surface area contributed by atoms with Gasteiger partial charge in [-0.1, -0.05) is 172 Å². The third-order valence-corrected chi connectivity index (χ3v) is 13.9. The Hall–Kier alpha value is -7.42. The molecule has 0 bridgehead atoms. The summed E-state index contributed by atoms with van der Waals surface area (Å²) in [5.74, 6) is 0. The molecular formula is C59H44N2. The van der Waals surface area contributed by atoms with Crippen molar-refractivity contribution in [3.8, 4) is 39.1 Å². The van der Waals surface area contributed by atoms with E-state index in [1.54, 1.807) is 0 Å². The molecule has 290 valence electrons. The van der Waals surface area contributed by atoms with E-state index in [1.807, 2.05) is 0 Å². The minimum absolute atomic E-state index is 0.104. The molecule has 0 aliphatic heterocycles. The number of rotatable bonds is 6. The van der Waals surface area contributed by atoms with Crippen LogP contribution in [0.1, 0.15) is 48.6 Å². The average Bonchev–Trinajstić information content (AvgIpc) is 3.88. The Kier molecular flexibility index (Phi) is 7.74. The van der Waals surface area contributed by atoms with Crippen LogP contribution in [0.15, 0.2) is 212 Å². The van der Waals surface area contributed by atoms with E-state index in [4.69, 9.17) is 0 Å². The summed E-state index contributed by atoms with van der Waals surface area (Å²) in [4.78, 5) is 2.51. The molecule has 2 nitrogen and oxygen atoms in total. The zero-order chi connectivity index (χ0) is 40.9. The largest absolute Gasteiger partial charge is 0.310 e. The molecule has 2 heteroatoms. The highest BCUT2D eigenvalue weighted by Crippen LogP contribution is 2.56. The van der Waals surface area contributed by atoms with Gasteiger partial charge in [-0.25, -0.2) is 0 Å². The van der Waals surface area contributed by atoms with Crippen molar-refractivity contribution >= 4 is 38.9 Å². The molecule has 61 heavy (non-hydrogen) atoms. The molecule has 0 radical (unpaired) electrons. The van der Waals surface area contributed by atoms with Crippen molar-refractivity contribution in [2.24, 2.45) is 0 Å². The molecular weight excluding hydrogens is 737 g/mol. The van der Waals surface area contributed by atoms with Gasteiger partial charge in [-0.2, -0.15) is 0 Å². The van der Waals surface area contributed by atoms with Crippen molar-refractivity contribution in [3.63, 3.8) is 0 Å². The van der Waals surface area contributed by atoms with Crippen LogP contribution in [-0.4, -0.2) is 4.57 Å². The molecule has 1 aromatic heterocycles. The number of hydrogen-bond acceptors (Lipinski definition) is 1. The first-order chi connectivity index (χ1) is 29.9. The van der Waals surface area contributed by atoms with E-state index in [0.29, 0.717) is 0 Å². The van der Waals surface area contributed by atoms with Gasteiger partial charge in [-0.3, -0.25) is 0 Å². The van der Waals surface area contributed by atoms with Crippen molar-refractivity contribution in [2.75, 3.05) is 4.90 Å². The van der Waals surface area contributed by atoms with Gasteiger partial charge >= 0.3 is 0 Å². The topological polar surface area (TPSA) is 8.17 Å². The summed E-state index contributed by atoms with van der Waals surface area (Å²) < 4.78 is 2.40. The van der Waals surface area contributed by atoms with E-state index in [1.165, 1.54) is 83.0 Å². The Bertz CT molecular complexity index is 3350. The highest BCUT2D eigenvalue weighted by Gasteiger charge is 2.41. The molecule has 9 aromatic carbocycles. The van der Waals surface area contributed by atoms with Gasteiger partial charge in [0.1, 0.15) is 0 Å².